The molecule has 2 aliphatic rings. The Labute approximate surface area is 145 Å². The maximum atomic E-state index is 12.7. The van der Waals surface area contributed by atoms with E-state index in [2.05, 4.69) is 4.90 Å². The molecule has 138 valence electrons. The fourth-order valence-corrected chi connectivity index (χ4v) is 3.39. The molecule has 0 bridgehead atoms. The molecule has 1 N–H and O–H groups in total. The summed E-state index contributed by atoms with van der Waals surface area (Å²) in [4.78, 5) is 30.2. The Morgan fingerprint density at radius 2 is 1.71 bits per heavy atom. The average molecular weight is 339 g/mol. The van der Waals surface area contributed by atoms with E-state index in [1.165, 1.54) is 0 Å². The second-order valence-electron chi connectivity index (χ2n) is 8.31. The summed E-state index contributed by atoms with van der Waals surface area (Å²) in [6.07, 6.45) is 1.43. The lowest BCUT2D eigenvalue weighted by atomic mass is 9.89. The lowest BCUT2D eigenvalue weighted by Gasteiger charge is -2.40. The van der Waals surface area contributed by atoms with Gasteiger partial charge in [0, 0.05) is 52.7 Å². The van der Waals surface area contributed by atoms with Crippen LogP contribution in [0.3, 0.4) is 0 Å². The minimum atomic E-state index is -0.359. The van der Waals surface area contributed by atoms with Crippen LogP contribution in [0.5, 0.6) is 0 Å². The second-order valence-corrected chi connectivity index (χ2v) is 8.31. The summed E-state index contributed by atoms with van der Waals surface area (Å²) < 4.78 is 0. The fourth-order valence-electron chi connectivity index (χ4n) is 3.39. The van der Waals surface area contributed by atoms with Gasteiger partial charge in [0.25, 0.3) is 0 Å². The van der Waals surface area contributed by atoms with Gasteiger partial charge in [-0.1, -0.05) is 20.8 Å². The average Bonchev–Trinajstić information content (AvgIpc) is 2.54. The number of aliphatic hydroxyl groups excluding tert-OH is 1. The number of aliphatic hydroxyl groups is 1. The molecular weight excluding hydrogens is 306 g/mol. The van der Waals surface area contributed by atoms with Gasteiger partial charge in [-0.05, 0) is 18.3 Å². The van der Waals surface area contributed by atoms with Crippen LogP contribution in [-0.2, 0) is 9.59 Å². The van der Waals surface area contributed by atoms with Gasteiger partial charge in [0.05, 0.1) is 12.0 Å². The van der Waals surface area contributed by atoms with Crippen molar-refractivity contribution in [2.24, 2.45) is 11.3 Å². The van der Waals surface area contributed by atoms with E-state index < -0.39 is 0 Å². The van der Waals surface area contributed by atoms with Gasteiger partial charge in [-0.15, -0.1) is 0 Å². The summed E-state index contributed by atoms with van der Waals surface area (Å²) in [5.41, 5.74) is -0.120. The van der Waals surface area contributed by atoms with Crippen molar-refractivity contribution in [1.82, 2.24) is 14.7 Å². The Hall–Kier alpha value is -1.14. The number of piperazine rings is 1. The van der Waals surface area contributed by atoms with Crippen molar-refractivity contribution in [3.63, 3.8) is 0 Å². The van der Waals surface area contributed by atoms with E-state index in [1.54, 1.807) is 11.8 Å². The molecular formula is C18H33N3O3. The minimum absolute atomic E-state index is 0.0469. The van der Waals surface area contributed by atoms with Crippen molar-refractivity contribution in [2.45, 2.75) is 46.6 Å². The molecule has 0 spiro atoms. The third-order valence-electron chi connectivity index (χ3n) is 5.33. The maximum Gasteiger partial charge on any atom is 0.227 e. The summed E-state index contributed by atoms with van der Waals surface area (Å²) in [6.45, 7) is 12.8. The highest BCUT2D eigenvalue weighted by molar-refractivity contribution is 5.81. The lowest BCUT2D eigenvalue weighted by Crippen LogP contribution is -2.54. The van der Waals surface area contributed by atoms with Gasteiger partial charge in [-0.2, -0.15) is 0 Å². The topological polar surface area (TPSA) is 64.1 Å². The van der Waals surface area contributed by atoms with Crippen molar-refractivity contribution < 1.29 is 14.7 Å². The van der Waals surface area contributed by atoms with E-state index in [1.807, 2.05) is 25.7 Å². The molecule has 24 heavy (non-hydrogen) atoms. The van der Waals surface area contributed by atoms with E-state index in [9.17, 15) is 14.7 Å². The van der Waals surface area contributed by atoms with Gasteiger partial charge >= 0.3 is 0 Å². The van der Waals surface area contributed by atoms with Gasteiger partial charge in [0.1, 0.15) is 0 Å². The van der Waals surface area contributed by atoms with Gasteiger partial charge in [0.15, 0.2) is 0 Å². The molecule has 0 aliphatic carbocycles. The quantitative estimate of drug-likeness (QED) is 0.826. The number of hydrogen-bond donors (Lipinski definition) is 1. The van der Waals surface area contributed by atoms with Crippen LogP contribution in [0.2, 0.25) is 0 Å². The largest absolute Gasteiger partial charge is 0.391 e. The van der Waals surface area contributed by atoms with Crippen molar-refractivity contribution in [3.05, 3.63) is 0 Å². The summed E-state index contributed by atoms with van der Waals surface area (Å²) in [7, 11) is 0. The number of rotatable bonds is 3. The Morgan fingerprint density at radius 1 is 1.08 bits per heavy atom. The zero-order chi connectivity index (χ0) is 17.9. The molecule has 6 nitrogen and oxygen atoms in total. The highest BCUT2D eigenvalue weighted by Gasteiger charge is 2.32. The molecule has 0 saturated carbocycles. The summed E-state index contributed by atoms with van der Waals surface area (Å²) >= 11 is 0. The Morgan fingerprint density at radius 3 is 2.25 bits per heavy atom. The van der Waals surface area contributed by atoms with Crippen molar-refractivity contribution in [3.8, 4) is 0 Å². The van der Waals surface area contributed by atoms with Gasteiger partial charge in [0.2, 0.25) is 11.8 Å². The molecule has 2 saturated heterocycles. The first-order valence-electron chi connectivity index (χ1n) is 9.13. The molecule has 2 atom stereocenters. The van der Waals surface area contributed by atoms with Crippen LogP contribution in [0, 0.1) is 11.3 Å². The van der Waals surface area contributed by atoms with E-state index in [4.69, 9.17) is 0 Å². The van der Waals surface area contributed by atoms with E-state index in [0.29, 0.717) is 26.2 Å². The molecule has 2 aliphatic heterocycles. The van der Waals surface area contributed by atoms with Crippen molar-refractivity contribution in [2.75, 3.05) is 45.8 Å². The Balaban J connectivity index is 1.81. The van der Waals surface area contributed by atoms with E-state index in [-0.39, 0.29) is 29.3 Å². The predicted molar refractivity (Wildman–Crippen MR) is 93.5 cm³/mol. The van der Waals surface area contributed by atoms with Crippen LogP contribution >= 0.6 is 0 Å². The molecule has 6 heteroatoms. The van der Waals surface area contributed by atoms with Gasteiger partial charge in [-0.25, -0.2) is 0 Å². The minimum Gasteiger partial charge on any atom is -0.391 e. The van der Waals surface area contributed by atoms with Crippen molar-refractivity contribution >= 4 is 11.8 Å². The standard InChI is InChI=1S/C18H33N3O3/c1-14(22)21-7-5-6-15(12-21)17(24)20-10-8-19(9-11-20)13-16(23)18(2,3)4/h15-16,23H,5-13H2,1-4H3/t15-,16-/m0/s1. The van der Waals surface area contributed by atoms with Gasteiger partial charge in [-0.3, -0.25) is 14.5 Å². The Kier molecular flexibility index (Phi) is 6.26. The molecule has 0 radical (unpaired) electrons. The first kappa shape index (κ1) is 19.2. The monoisotopic (exact) mass is 339 g/mol. The number of β-amino-alcohol motifs (C(OH)–C–C–N with tert-alkyl or cyclic N) is 1. The Bertz CT molecular complexity index is 453. The normalized spacial score (nSPS) is 24.8. The van der Waals surface area contributed by atoms with E-state index in [0.717, 1.165) is 32.5 Å². The van der Waals surface area contributed by atoms with Crippen LogP contribution < -0.4 is 0 Å². The number of hydrogen-bond acceptors (Lipinski definition) is 4. The molecule has 2 heterocycles. The number of nitrogens with zero attached hydrogens (tertiary/aromatic N) is 3. The molecule has 0 unspecified atom stereocenters. The van der Waals surface area contributed by atoms with Crippen LogP contribution in [0.4, 0.5) is 0 Å². The smallest absolute Gasteiger partial charge is 0.227 e. The fraction of sp³-hybridized carbons (Fsp3) is 0.889. The molecule has 0 aromatic carbocycles. The van der Waals surface area contributed by atoms with E-state index >= 15 is 0 Å². The number of carbonyl (C=O) groups is 2. The van der Waals surface area contributed by atoms with Crippen LogP contribution in [0.25, 0.3) is 0 Å². The number of amides is 2. The predicted octanol–water partition coefficient (Wildman–Crippen LogP) is 0.796. The van der Waals surface area contributed by atoms with Crippen LogP contribution in [0.1, 0.15) is 40.5 Å². The lowest BCUT2D eigenvalue weighted by molar-refractivity contribution is -0.141. The SMILES string of the molecule is CC(=O)N1CCC[C@H](C(=O)N2CCN(C[C@H](O)C(C)(C)C)CC2)C1. The zero-order valence-corrected chi connectivity index (χ0v) is 15.6. The molecule has 2 fully saturated rings. The molecule has 2 amide bonds. The molecule has 0 aromatic rings. The zero-order valence-electron chi connectivity index (χ0n) is 15.6. The third kappa shape index (κ3) is 4.93. The first-order chi connectivity index (χ1) is 11.2. The molecule has 0 aromatic heterocycles. The van der Waals surface area contributed by atoms with Crippen molar-refractivity contribution in [1.29, 1.82) is 0 Å². The highest BCUT2D eigenvalue weighted by Crippen LogP contribution is 2.22. The number of carbonyl (C=O) groups excluding carboxylic acids is 2. The second kappa shape index (κ2) is 7.83. The highest BCUT2D eigenvalue weighted by atomic mass is 16.3. The van der Waals surface area contributed by atoms with Crippen LogP contribution in [-0.4, -0.2) is 83.5 Å². The number of piperidine rings is 1. The summed E-state index contributed by atoms with van der Waals surface area (Å²) in [5.74, 6) is 0.208. The number of likely N-dealkylation sites (tertiary alicyclic amines) is 1. The van der Waals surface area contributed by atoms with Crippen LogP contribution in [0.15, 0.2) is 0 Å². The third-order valence-corrected chi connectivity index (χ3v) is 5.33. The molecule has 2 rings (SSSR count). The summed E-state index contributed by atoms with van der Waals surface area (Å²) in [6, 6.07) is 0. The first-order valence-corrected chi connectivity index (χ1v) is 9.13. The maximum absolute atomic E-state index is 12.7. The summed E-state index contributed by atoms with van der Waals surface area (Å²) in [5, 5.41) is 10.2. The van der Waals surface area contributed by atoms with Gasteiger partial charge < -0.3 is 14.9 Å².